The molecular formula is CH2FINOS-. The summed E-state index contributed by atoms with van der Waals surface area (Å²) >= 11 is 1.66. The fourth-order valence-corrected chi connectivity index (χ4v) is 0.399. The lowest BCUT2D eigenvalue weighted by atomic mass is 11.7. The van der Waals surface area contributed by atoms with E-state index in [1.807, 2.05) is 0 Å². The van der Waals surface area contributed by atoms with E-state index in [-0.39, 0.29) is 5.94 Å². The molecule has 0 radical (unpaired) electrons. The van der Waals surface area contributed by atoms with Gasteiger partial charge in [-0.1, -0.05) is 4.53 Å². The third-order valence-corrected chi connectivity index (χ3v) is 1.19. The van der Waals surface area contributed by atoms with Crippen molar-refractivity contribution in [3.63, 3.8) is 0 Å². The van der Waals surface area contributed by atoms with Crippen LogP contribution in [-0.2, 0) is 12.6 Å². The van der Waals surface area contributed by atoms with Gasteiger partial charge < -0.3 is 4.61 Å². The van der Waals surface area contributed by atoms with Gasteiger partial charge in [0.2, 0.25) is 0 Å². The van der Waals surface area contributed by atoms with E-state index in [1.54, 1.807) is 21.2 Å². The molecule has 0 unspecified atom stereocenters. The molecule has 0 saturated carbocycles. The van der Waals surface area contributed by atoms with Crippen LogP contribution in [0, 0.1) is 4.61 Å². The van der Waals surface area contributed by atoms with Gasteiger partial charge in [0.1, 0.15) is 0 Å². The average Bonchev–Trinajstić information content (AvgIpc) is 1.35. The monoisotopic (exact) mass is 222 g/mol. The van der Waals surface area contributed by atoms with Crippen molar-refractivity contribution in [3.8, 4) is 0 Å². The second kappa shape index (κ2) is 3.86. The standard InChI is InChI=1S/CH2FINOS/c2-5-1-6(3)4/h1H2/q-1. The molecule has 0 aliphatic rings. The fourth-order valence-electron chi connectivity index (χ4n) is 0.0368. The number of rotatable bonds is 1. The number of halogens is 2. The van der Waals surface area contributed by atoms with Crippen LogP contribution in [0.5, 0.6) is 0 Å². The zero-order valence-electron chi connectivity index (χ0n) is 2.73. The van der Waals surface area contributed by atoms with Crippen LogP contribution in [-0.4, -0.2) is 5.94 Å². The summed E-state index contributed by atoms with van der Waals surface area (Å²) in [6.07, 6.45) is 0. The Labute approximate surface area is 49.1 Å². The second-order valence-corrected chi connectivity index (χ2v) is 4.43. The number of hydrogen-bond acceptors (Lipinski definition) is 3. The molecule has 0 aromatic rings. The molecule has 0 N–H and O–H groups in total. The van der Waals surface area contributed by atoms with Crippen LogP contribution < -0.4 is 0 Å². The molecule has 6 heavy (non-hydrogen) atoms. The van der Waals surface area contributed by atoms with Crippen LogP contribution in [0.1, 0.15) is 0 Å². The first kappa shape index (κ1) is 6.68. The van der Waals surface area contributed by atoms with Crippen LogP contribution in [0.4, 0.5) is 4.53 Å². The summed E-state index contributed by atoms with van der Waals surface area (Å²) in [6.45, 7) is 0. The fraction of sp³-hybridized carbons (Fsp3) is 1.00. The highest BCUT2D eigenvalue weighted by molar-refractivity contribution is 14.2. The van der Waals surface area contributed by atoms with E-state index in [0.29, 0.717) is 0 Å². The summed E-state index contributed by atoms with van der Waals surface area (Å²) in [6, 6.07) is 0. The van der Waals surface area contributed by atoms with Gasteiger partial charge in [-0.15, -0.1) is 0 Å². The Morgan fingerprint density at radius 2 is 2.50 bits per heavy atom. The summed E-state index contributed by atoms with van der Waals surface area (Å²) in [5.41, 5.74) is 0. The Bertz CT molecular complexity index is 87.3. The smallest absolute Gasteiger partial charge is 0.0392 e. The maximum absolute atomic E-state index is 10.6. The minimum atomic E-state index is -0.943. The van der Waals surface area contributed by atoms with E-state index >= 15 is 0 Å². The summed E-state index contributed by atoms with van der Waals surface area (Å²) in [7, 11) is -0.943. The zero-order chi connectivity index (χ0) is 4.99. The largest absolute Gasteiger partial charge is 0.419 e. The lowest BCUT2D eigenvalue weighted by Crippen LogP contribution is -1.79. The molecule has 0 bridgehead atoms. The maximum Gasteiger partial charge on any atom is 0.0392 e. The molecule has 0 fully saturated rings. The molecule has 0 aliphatic carbocycles. The Morgan fingerprint density at radius 1 is 2.00 bits per heavy atom. The highest BCUT2D eigenvalue weighted by atomic mass is 127. The molecule has 0 amide bonds. The van der Waals surface area contributed by atoms with E-state index < -0.39 is 7.70 Å². The Balaban J connectivity index is 2.91. The molecule has 0 rings (SSSR count). The molecule has 5 heteroatoms. The normalized spacial score (nSPS) is 9.67. The van der Waals surface area contributed by atoms with Gasteiger partial charge in [-0.2, -0.15) is 0 Å². The minimum Gasteiger partial charge on any atom is -0.419 e. The van der Waals surface area contributed by atoms with Crippen molar-refractivity contribution < 1.29 is 9.47 Å². The van der Waals surface area contributed by atoms with Crippen LogP contribution in [0.25, 0.3) is 0 Å². The lowest BCUT2D eigenvalue weighted by molar-refractivity contribution is -0.106. The van der Waals surface area contributed by atoms with Gasteiger partial charge in [0.05, 0.1) is 0 Å². The predicted octanol–water partition coefficient (Wildman–Crippen LogP) is 1.29. The van der Waals surface area contributed by atoms with Gasteiger partial charge in [0.15, 0.2) is 0 Å². The number of nitrogens with zero attached hydrogens (tertiary/aromatic N) is 1. The Morgan fingerprint density at radius 3 is 2.50 bits per heavy atom. The van der Waals surface area contributed by atoms with Gasteiger partial charge in [-0.25, -0.2) is 33.8 Å². The van der Waals surface area contributed by atoms with Gasteiger partial charge in [0, 0.05) is 5.94 Å². The van der Waals surface area contributed by atoms with E-state index in [2.05, 4.69) is 4.94 Å². The Hall–Kier alpha value is 0.680. The molecule has 0 atom stereocenters. The molecule has 2 nitrogen and oxygen atoms in total. The van der Waals surface area contributed by atoms with Crippen LogP contribution in [0.2, 0.25) is 0 Å². The van der Waals surface area contributed by atoms with Crippen molar-refractivity contribution >= 4 is 28.9 Å². The first-order chi connectivity index (χ1) is 2.77. The van der Waals surface area contributed by atoms with Crippen molar-refractivity contribution in [1.29, 1.82) is 4.61 Å². The summed E-state index contributed by atoms with van der Waals surface area (Å²) in [5, 5.41) is 0. The van der Waals surface area contributed by atoms with Gasteiger partial charge in [-0.3, -0.25) is 0 Å². The molecule has 0 aromatic heterocycles. The van der Waals surface area contributed by atoms with E-state index in [9.17, 15) is 4.53 Å². The van der Waals surface area contributed by atoms with Crippen molar-refractivity contribution in [1.82, 2.24) is 0 Å². The molecule has 0 heterocycles. The minimum absolute atomic E-state index is 0.222. The quantitative estimate of drug-likeness (QED) is 0.494. The average molecular weight is 222 g/mol. The van der Waals surface area contributed by atoms with Gasteiger partial charge in [0.25, 0.3) is 0 Å². The molecule has 0 aromatic carbocycles. The third kappa shape index (κ3) is 4.68. The molecular weight excluding hydrogens is 220 g/mol. The third-order valence-electron chi connectivity index (χ3n) is 0.142. The SMILES string of the molecule is N#[S-](I)COF. The van der Waals surface area contributed by atoms with Crippen LogP contribution in [0.3, 0.4) is 0 Å². The predicted molar refractivity (Wildman–Crippen MR) is 30.2 cm³/mol. The van der Waals surface area contributed by atoms with E-state index in [0.717, 1.165) is 0 Å². The zero-order valence-corrected chi connectivity index (χ0v) is 5.70. The lowest BCUT2D eigenvalue weighted by Gasteiger charge is -1.92. The van der Waals surface area contributed by atoms with Gasteiger partial charge >= 0.3 is 0 Å². The summed E-state index contributed by atoms with van der Waals surface area (Å²) in [4.78, 5) is 3.06. The molecule has 0 saturated heterocycles. The molecule has 0 aliphatic heterocycles. The van der Waals surface area contributed by atoms with Crippen LogP contribution >= 0.6 is 21.2 Å². The molecule has 0 spiro atoms. The first-order valence-corrected chi connectivity index (χ1v) is 4.96. The Kier molecular flexibility index (Phi) is 4.29. The van der Waals surface area contributed by atoms with E-state index in [1.165, 1.54) is 0 Å². The van der Waals surface area contributed by atoms with Crippen molar-refractivity contribution in [3.05, 3.63) is 0 Å². The van der Waals surface area contributed by atoms with Crippen molar-refractivity contribution in [2.75, 3.05) is 5.94 Å². The maximum atomic E-state index is 10.6. The second-order valence-electron chi connectivity index (χ2n) is 0.534. The van der Waals surface area contributed by atoms with Crippen molar-refractivity contribution in [2.45, 2.75) is 0 Å². The highest BCUT2D eigenvalue weighted by Gasteiger charge is 1.66. The first-order valence-electron chi connectivity index (χ1n) is 1.07. The molecule has 38 valence electrons. The van der Waals surface area contributed by atoms with Crippen molar-refractivity contribution in [2.24, 2.45) is 0 Å². The summed E-state index contributed by atoms with van der Waals surface area (Å²) < 4.78 is 18.8. The van der Waals surface area contributed by atoms with E-state index in [4.69, 9.17) is 4.61 Å². The topological polar surface area (TPSA) is 33.0 Å². The van der Waals surface area contributed by atoms with Crippen LogP contribution in [0.15, 0.2) is 0 Å². The summed E-state index contributed by atoms with van der Waals surface area (Å²) in [5.74, 6) is -0.222. The highest BCUT2D eigenvalue weighted by Crippen LogP contribution is 1.91. The number of hydrogen-bond donors (Lipinski definition) is 0. The van der Waals surface area contributed by atoms with Gasteiger partial charge in [-0.05, 0) is 0 Å².